The van der Waals surface area contributed by atoms with Crippen LogP contribution < -0.4 is 10.5 Å². The summed E-state index contributed by atoms with van der Waals surface area (Å²) in [6, 6.07) is 6.96. The SMILES string of the molecule is COCC1=C(C(=O)O)N2C(=O)C(N)[C@H]2SC1Cc1ccc(OC)cc1. The largest absolute Gasteiger partial charge is 0.497 e. The van der Waals surface area contributed by atoms with Crippen LogP contribution in [-0.4, -0.2) is 59.4 Å². The van der Waals surface area contributed by atoms with Crippen molar-refractivity contribution < 1.29 is 24.2 Å². The number of amides is 1. The average Bonchev–Trinajstić information content (AvgIpc) is 2.62. The van der Waals surface area contributed by atoms with Crippen molar-refractivity contribution in [1.82, 2.24) is 4.90 Å². The molecule has 8 heteroatoms. The molecule has 2 aliphatic rings. The second-order valence-electron chi connectivity index (χ2n) is 5.91. The van der Waals surface area contributed by atoms with Gasteiger partial charge in [0.2, 0.25) is 5.91 Å². The number of nitrogens with zero attached hydrogens (tertiary/aromatic N) is 1. The molecule has 1 aromatic rings. The Hall–Kier alpha value is -2.03. The third-order valence-corrected chi connectivity index (χ3v) is 5.97. The van der Waals surface area contributed by atoms with Crippen LogP contribution in [0.5, 0.6) is 5.75 Å². The van der Waals surface area contributed by atoms with Crippen LogP contribution >= 0.6 is 11.8 Å². The van der Waals surface area contributed by atoms with Gasteiger partial charge in [-0.15, -0.1) is 11.8 Å². The number of hydrogen-bond donors (Lipinski definition) is 2. The minimum Gasteiger partial charge on any atom is -0.497 e. The first-order valence-corrected chi connectivity index (χ1v) is 8.74. The van der Waals surface area contributed by atoms with E-state index in [9.17, 15) is 14.7 Å². The van der Waals surface area contributed by atoms with Gasteiger partial charge < -0.3 is 20.3 Å². The predicted octanol–water partition coefficient (Wildman–Crippen LogP) is 0.834. The maximum atomic E-state index is 12.0. The van der Waals surface area contributed by atoms with E-state index in [2.05, 4.69) is 0 Å². The van der Waals surface area contributed by atoms with Gasteiger partial charge in [0.25, 0.3) is 0 Å². The Labute approximate surface area is 149 Å². The molecule has 3 atom stereocenters. The van der Waals surface area contributed by atoms with Crippen molar-refractivity contribution >= 4 is 23.6 Å². The number of thioether (sulfide) groups is 1. The van der Waals surface area contributed by atoms with E-state index in [4.69, 9.17) is 15.2 Å². The number of carboxylic acid groups (broad SMARTS) is 1. The summed E-state index contributed by atoms with van der Waals surface area (Å²) in [6.45, 7) is 0.154. The van der Waals surface area contributed by atoms with Crippen LogP contribution in [0.2, 0.25) is 0 Å². The molecule has 2 heterocycles. The van der Waals surface area contributed by atoms with Gasteiger partial charge in [-0.1, -0.05) is 12.1 Å². The number of carboxylic acids is 1. The third-order valence-electron chi connectivity index (χ3n) is 4.40. The first-order valence-electron chi connectivity index (χ1n) is 7.80. The summed E-state index contributed by atoms with van der Waals surface area (Å²) >= 11 is 1.51. The first-order chi connectivity index (χ1) is 12.0. The zero-order chi connectivity index (χ0) is 18.1. The van der Waals surface area contributed by atoms with Crippen LogP contribution in [0.3, 0.4) is 0 Å². The molecule has 0 bridgehead atoms. The number of ether oxygens (including phenoxy) is 2. The van der Waals surface area contributed by atoms with E-state index in [0.29, 0.717) is 12.0 Å². The highest BCUT2D eigenvalue weighted by Gasteiger charge is 2.53. The Kier molecular flexibility index (Phi) is 5.03. The van der Waals surface area contributed by atoms with Crippen LogP contribution in [-0.2, 0) is 20.7 Å². The summed E-state index contributed by atoms with van der Waals surface area (Å²) in [5, 5.41) is 9.17. The lowest BCUT2D eigenvalue weighted by Crippen LogP contribution is -2.69. The summed E-state index contributed by atoms with van der Waals surface area (Å²) in [5.41, 5.74) is 7.54. The number of hydrogen-bond acceptors (Lipinski definition) is 6. The number of aliphatic carboxylic acids is 1. The monoisotopic (exact) mass is 364 g/mol. The van der Waals surface area contributed by atoms with Crippen molar-refractivity contribution in [1.29, 1.82) is 0 Å². The molecule has 1 amide bonds. The second-order valence-corrected chi connectivity index (χ2v) is 7.24. The van der Waals surface area contributed by atoms with Gasteiger partial charge in [-0.3, -0.25) is 9.69 Å². The van der Waals surface area contributed by atoms with Gasteiger partial charge >= 0.3 is 5.97 Å². The average molecular weight is 364 g/mol. The Morgan fingerprint density at radius 3 is 2.56 bits per heavy atom. The summed E-state index contributed by atoms with van der Waals surface area (Å²) < 4.78 is 10.4. The number of benzene rings is 1. The molecule has 1 fully saturated rings. The Balaban J connectivity index is 1.94. The highest BCUT2D eigenvalue weighted by molar-refractivity contribution is 8.00. The summed E-state index contributed by atoms with van der Waals surface area (Å²) in [7, 11) is 3.12. The van der Waals surface area contributed by atoms with E-state index < -0.39 is 12.0 Å². The predicted molar refractivity (Wildman–Crippen MR) is 93.2 cm³/mol. The zero-order valence-electron chi connectivity index (χ0n) is 14.0. The van der Waals surface area contributed by atoms with Crippen molar-refractivity contribution in [3.8, 4) is 5.75 Å². The van der Waals surface area contributed by atoms with E-state index in [-0.39, 0.29) is 28.8 Å². The molecule has 134 valence electrons. The highest BCUT2D eigenvalue weighted by atomic mass is 32.2. The van der Waals surface area contributed by atoms with Gasteiger partial charge in [-0.05, 0) is 24.1 Å². The zero-order valence-corrected chi connectivity index (χ0v) is 14.8. The maximum absolute atomic E-state index is 12.0. The Morgan fingerprint density at radius 1 is 1.32 bits per heavy atom. The molecule has 1 saturated heterocycles. The standard InChI is InChI=1S/C17H20N2O5S/c1-23-8-11-12(7-9-3-5-10(24-2)6-4-9)25-16-13(18)15(20)19(16)14(11)17(21)22/h3-6,12-13,16H,7-8,18H2,1-2H3,(H,21,22)/t12?,13?,16-/m1/s1. The second kappa shape index (κ2) is 7.07. The lowest BCUT2D eigenvalue weighted by atomic mass is 9.98. The molecule has 2 aliphatic heterocycles. The normalized spacial score (nSPS) is 25.5. The first kappa shape index (κ1) is 17.8. The quantitative estimate of drug-likeness (QED) is 0.721. The maximum Gasteiger partial charge on any atom is 0.352 e. The number of β-lactam (4-membered cyclic amide) rings is 1. The van der Waals surface area contributed by atoms with E-state index in [1.165, 1.54) is 23.8 Å². The van der Waals surface area contributed by atoms with Crippen LogP contribution in [0.4, 0.5) is 0 Å². The highest BCUT2D eigenvalue weighted by Crippen LogP contribution is 2.44. The van der Waals surface area contributed by atoms with Crippen LogP contribution in [0.1, 0.15) is 5.56 Å². The molecule has 0 radical (unpaired) electrons. The number of methoxy groups -OCH3 is 2. The fourth-order valence-electron chi connectivity index (χ4n) is 3.13. The van der Waals surface area contributed by atoms with Gasteiger partial charge in [0.15, 0.2) is 0 Å². The molecule has 1 aromatic carbocycles. The number of nitrogens with two attached hydrogens (primary N) is 1. The molecule has 0 saturated carbocycles. The molecule has 0 aromatic heterocycles. The Bertz CT molecular complexity index is 718. The fraction of sp³-hybridized carbons (Fsp3) is 0.412. The molecular weight excluding hydrogens is 344 g/mol. The van der Waals surface area contributed by atoms with Gasteiger partial charge in [0.05, 0.1) is 13.7 Å². The molecular formula is C17H20N2O5S. The lowest BCUT2D eigenvalue weighted by molar-refractivity contribution is -0.148. The van der Waals surface area contributed by atoms with Crippen LogP contribution in [0.15, 0.2) is 35.5 Å². The van der Waals surface area contributed by atoms with E-state index in [1.807, 2.05) is 24.3 Å². The molecule has 0 aliphatic carbocycles. The number of carbonyl (C=O) groups excluding carboxylic acids is 1. The summed E-state index contributed by atoms with van der Waals surface area (Å²) in [6.07, 6.45) is 0.620. The van der Waals surface area contributed by atoms with E-state index >= 15 is 0 Å². The van der Waals surface area contributed by atoms with Gasteiger partial charge in [-0.25, -0.2) is 4.79 Å². The Morgan fingerprint density at radius 2 is 2.00 bits per heavy atom. The molecule has 3 N–H and O–H groups in total. The van der Waals surface area contributed by atoms with Crippen molar-refractivity contribution in [2.45, 2.75) is 23.1 Å². The molecule has 0 spiro atoms. The number of carbonyl (C=O) groups is 2. The van der Waals surface area contributed by atoms with E-state index in [0.717, 1.165) is 11.3 Å². The van der Waals surface area contributed by atoms with Crippen molar-refractivity contribution in [2.75, 3.05) is 20.8 Å². The smallest absolute Gasteiger partial charge is 0.352 e. The minimum absolute atomic E-state index is 0.0100. The van der Waals surface area contributed by atoms with Crippen LogP contribution in [0.25, 0.3) is 0 Å². The van der Waals surface area contributed by atoms with Gasteiger partial charge in [0.1, 0.15) is 22.9 Å². The summed E-state index contributed by atoms with van der Waals surface area (Å²) in [4.78, 5) is 25.1. The molecule has 3 rings (SSSR count). The summed E-state index contributed by atoms with van der Waals surface area (Å²) in [5.74, 6) is -0.722. The molecule has 7 nitrogen and oxygen atoms in total. The van der Waals surface area contributed by atoms with Gasteiger partial charge in [-0.2, -0.15) is 0 Å². The van der Waals surface area contributed by atoms with Crippen molar-refractivity contribution in [3.05, 3.63) is 41.1 Å². The third kappa shape index (κ3) is 3.12. The van der Waals surface area contributed by atoms with Crippen molar-refractivity contribution in [3.63, 3.8) is 0 Å². The number of rotatable bonds is 6. The van der Waals surface area contributed by atoms with E-state index in [1.54, 1.807) is 7.11 Å². The van der Waals surface area contributed by atoms with Gasteiger partial charge in [0, 0.05) is 17.9 Å². The topological polar surface area (TPSA) is 102 Å². The number of fused-ring (bicyclic) bond motifs is 1. The molecule has 2 unspecified atom stereocenters. The lowest BCUT2D eigenvalue weighted by Gasteiger charge is -2.50. The minimum atomic E-state index is -1.13. The molecule has 25 heavy (non-hydrogen) atoms. The fourth-order valence-corrected chi connectivity index (χ4v) is 4.72. The van der Waals surface area contributed by atoms with Crippen molar-refractivity contribution in [2.24, 2.45) is 5.73 Å². The van der Waals surface area contributed by atoms with Crippen LogP contribution in [0, 0.1) is 0 Å².